The number of nitrogens with zero attached hydrogens (tertiary/aromatic N) is 4. The zero-order valence-electron chi connectivity index (χ0n) is 31.2. The molecule has 57 heavy (non-hydrogen) atoms. The zero-order valence-corrected chi connectivity index (χ0v) is 31.2. The normalized spacial score (nSPS) is 12.3. The summed E-state index contributed by atoms with van der Waals surface area (Å²) in [5, 5.41) is 11.8. The highest BCUT2D eigenvalue weighted by Crippen LogP contribution is 2.47. The smallest absolute Gasteiger partial charge is 0.235 e. The molecule has 0 aliphatic heterocycles. The molecule has 4 heterocycles. The molecular formula is C53H34N4. The summed E-state index contributed by atoms with van der Waals surface area (Å²) in [7, 11) is 0. The minimum atomic E-state index is 0.650. The summed E-state index contributed by atoms with van der Waals surface area (Å²) in [6.07, 6.45) is 6.07. The zero-order chi connectivity index (χ0) is 37.8. The van der Waals surface area contributed by atoms with Crippen LogP contribution in [0.2, 0.25) is 0 Å². The molecule has 4 aromatic heterocycles. The van der Waals surface area contributed by atoms with Crippen molar-refractivity contribution in [2.75, 3.05) is 0 Å². The molecule has 0 amide bonds. The van der Waals surface area contributed by atoms with E-state index in [1.165, 1.54) is 71.1 Å². The van der Waals surface area contributed by atoms with Crippen LogP contribution in [0.15, 0.2) is 176 Å². The van der Waals surface area contributed by atoms with Crippen LogP contribution in [-0.4, -0.2) is 18.9 Å². The lowest BCUT2D eigenvalue weighted by atomic mass is 9.98. The second kappa shape index (κ2) is 12.0. The third-order valence-corrected chi connectivity index (χ3v) is 12.0. The van der Waals surface area contributed by atoms with Crippen LogP contribution in [0.3, 0.4) is 0 Å². The molecule has 0 bridgehead atoms. The molecule has 12 aromatic rings. The molecule has 12 rings (SSSR count). The number of para-hydroxylation sites is 1. The first-order valence-electron chi connectivity index (χ1n) is 19.5. The summed E-state index contributed by atoms with van der Waals surface area (Å²) in [4.78, 5) is 11.2. The van der Waals surface area contributed by atoms with Gasteiger partial charge in [-0.25, -0.2) is 9.97 Å². The Labute approximate surface area is 328 Å². The van der Waals surface area contributed by atoms with Gasteiger partial charge in [0.1, 0.15) is 0 Å². The lowest BCUT2D eigenvalue weighted by Gasteiger charge is -2.14. The Morgan fingerprint density at radius 2 is 1.16 bits per heavy atom. The molecule has 0 radical (unpaired) electrons. The molecule has 0 saturated heterocycles. The number of aromatic nitrogens is 4. The summed E-state index contributed by atoms with van der Waals surface area (Å²) in [6.45, 7) is 6.23. The first-order chi connectivity index (χ1) is 28.2. The van der Waals surface area contributed by atoms with Crippen molar-refractivity contribution >= 4 is 87.5 Å². The molecule has 4 nitrogen and oxygen atoms in total. The van der Waals surface area contributed by atoms with Crippen LogP contribution < -0.4 is 0 Å². The van der Waals surface area contributed by atoms with Crippen LogP contribution in [0.25, 0.3) is 116 Å². The van der Waals surface area contributed by atoms with E-state index in [0.29, 0.717) is 5.95 Å². The fourth-order valence-electron chi connectivity index (χ4n) is 9.48. The van der Waals surface area contributed by atoms with Gasteiger partial charge in [0, 0.05) is 43.6 Å². The van der Waals surface area contributed by atoms with Gasteiger partial charge in [-0.05, 0) is 75.5 Å². The highest BCUT2D eigenvalue weighted by molar-refractivity contribution is 6.33. The van der Waals surface area contributed by atoms with Crippen molar-refractivity contribution in [3.63, 3.8) is 0 Å². The van der Waals surface area contributed by atoms with E-state index in [-0.39, 0.29) is 0 Å². The van der Waals surface area contributed by atoms with Crippen LogP contribution in [0.1, 0.15) is 11.3 Å². The summed E-state index contributed by atoms with van der Waals surface area (Å²) >= 11 is 0. The van der Waals surface area contributed by atoms with Gasteiger partial charge in [-0.15, -0.1) is 0 Å². The maximum Gasteiger partial charge on any atom is 0.235 e. The van der Waals surface area contributed by atoms with E-state index < -0.39 is 0 Å². The molecule has 0 spiro atoms. The standard InChI is InChI=1S/C53H34N4/c1-3-4-21-44-32(2)41-31-42-47-38-18-10-8-17-36(38)28-30-46(47)57(52(42)49-40-20-12-13-22-45(40)56(44)51(41)49)53-54-43-29-27-35-16-9-11-19-39(35)48(43)50(55-53)37-25-23-34(24-26-37)33-14-6-5-7-15-33/h3-31H,1H2,2H3/b21-4-. The summed E-state index contributed by atoms with van der Waals surface area (Å²) in [5.74, 6) is 0.650. The van der Waals surface area contributed by atoms with Gasteiger partial charge in [-0.2, -0.15) is 0 Å². The second-order valence-corrected chi connectivity index (χ2v) is 15.0. The van der Waals surface area contributed by atoms with E-state index in [1.54, 1.807) is 0 Å². The maximum atomic E-state index is 5.66. The fraction of sp³-hybridized carbons (Fsp3) is 0.0189. The van der Waals surface area contributed by atoms with Crippen molar-refractivity contribution in [1.82, 2.24) is 18.9 Å². The third-order valence-electron chi connectivity index (χ3n) is 12.0. The van der Waals surface area contributed by atoms with Crippen LogP contribution >= 0.6 is 0 Å². The Morgan fingerprint density at radius 3 is 1.93 bits per heavy atom. The van der Waals surface area contributed by atoms with Crippen molar-refractivity contribution in [1.29, 1.82) is 0 Å². The average molecular weight is 727 g/mol. The van der Waals surface area contributed by atoms with E-state index in [4.69, 9.17) is 9.97 Å². The molecule has 0 saturated carbocycles. The molecule has 0 N–H and O–H groups in total. The number of benzene rings is 8. The first-order valence-corrected chi connectivity index (χ1v) is 19.5. The number of hydrogen-bond donors (Lipinski definition) is 0. The van der Waals surface area contributed by atoms with Crippen LogP contribution in [0.5, 0.6) is 0 Å². The Balaban J connectivity index is 1.26. The van der Waals surface area contributed by atoms with Gasteiger partial charge in [0.05, 0.1) is 33.3 Å². The summed E-state index contributed by atoms with van der Waals surface area (Å²) in [5.41, 5.74) is 12.2. The van der Waals surface area contributed by atoms with Crippen LogP contribution in [0, 0.1) is 6.92 Å². The fourth-order valence-corrected chi connectivity index (χ4v) is 9.48. The average Bonchev–Trinajstić information content (AvgIpc) is 3.89. The molecule has 266 valence electrons. The molecule has 0 aliphatic carbocycles. The predicted octanol–water partition coefficient (Wildman–Crippen LogP) is 13.9. The van der Waals surface area contributed by atoms with Gasteiger partial charge in [-0.3, -0.25) is 4.57 Å². The third kappa shape index (κ3) is 4.44. The van der Waals surface area contributed by atoms with Gasteiger partial charge in [0.15, 0.2) is 0 Å². The molecule has 0 atom stereocenters. The van der Waals surface area contributed by atoms with E-state index in [9.17, 15) is 0 Å². The molecule has 0 aliphatic rings. The van der Waals surface area contributed by atoms with Crippen LogP contribution in [-0.2, 0) is 0 Å². The van der Waals surface area contributed by atoms with Gasteiger partial charge in [0.2, 0.25) is 5.95 Å². The monoisotopic (exact) mass is 726 g/mol. The first kappa shape index (κ1) is 31.8. The number of hydrogen-bond acceptors (Lipinski definition) is 2. The Morgan fingerprint density at radius 1 is 0.509 bits per heavy atom. The number of fused-ring (bicyclic) bond motifs is 12. The quantitative estimate of drug-likeness (QED) is 0.131. The number of rotatable bonds is 5. The highest BCUT2D eigenvalue weighted by Gasteiger charge is 2.27. The van der Waals surface area contributed by atoms with Crippen LogP contribution in [0.4, 0.5) is 0 Å². The lowest BCUT2D eigenvalue weighted by molar-refractivity contribution is 1.02. The Kier molecular flexibility index (Phi) is 6.67. The lowest BCUT2D eigenvalue weighted by Crippen LogP contribution is -2.04. The van der Waals surface area contributed by atoms with E-state index in [0.717, 1.165) is 44.0 Å². The maximum absolute atomic E-state index is 5.66. The molecule has 4 heteroatoms. The SMILES string of the molecule is C=C/C=C\c1c(C)c2cc3c4c5ccccc5ccc4n(-c4nc(-c5ccc(-c6ccccc6)cc5)c5c(ccc6ccccc65)n4)c3c3c4ccccc4n1c23. The minimum absolute atomic E-state index is 0.650. The minimum Gasteiger partial charge on any atom is -0.308 e. The molecule has 0 unspecified atom stereocenters. The van der Waals surface area contributed by atoms with Crippen molar-refractivity contribution in [2.45, 2.75) is 6.92 Å². The topological polar surface area (TPSA) is 35.1 Å². The number of aryl methyl sites for hydroxylation is 1. The summed E-state index contributed by atoms with van der Waals surface area (Å²) in [6, 6.07) is 56.7. The van der Waals surface area contributed by atoms with Crippen molar-refractivity contribution in [3.05, 3.63) is 188 Å². The van der Waals surface area contributed by atoms with Crippen molar-refractivity contribution in [2.24, 2.45) is 0 Å². The van der Waals surface area contributed by atoms with Gasteiger partial charge in [0.25, 0.3) is 0 Å². The summed E-state index contributed by atoms with van der Waals surface area (Å²) < 4.78 is 4.78. The predicted molar refractivity (Wildman–Crippen MR) is 241 cm³/mol. The number of allylic oxidation sites excluding steroid dienone is 2. The van der Waals surface area contributed by atoms with E-state index in [2.05, 4.69) is 186 Å². The Hall–Kier alpha value is -7.56. The highest BCUT2D eigenvalue weighted by atomic mass is 15.2. The van der Waals surface area contributed by atoms with Gasteiger partial charge >= 0.3 is 0 Å². The van der Waals surface area contributed by atoms with Crippen molar-refractivity contribution < 1.29 is 0 Å². The second-order valence-electron chi connectivity index (χ2n) is 15.0. The van der Waals surface area contributed by atoms with Gasteiger partial charge in [-0.1, -0.05) is 152 Å². The molecule has 0 fully saturated rings. The van der Waals surface area contributed by atoms with E-state index in [1.807, 2.05) is 12.2 Å². The van der Waals surface area contributed by atoms with E-state index >= 15 is 0 Å². The largest absolute Gasteiger partial charge is 0.308 e. The molecular weight excluding hydrogens is 693 g/mol. The van der Waals surface area contributed by atoms with Crippen molar-refractivity contribution in [3.8, 4) is 28.3 Å². The molecule has 8 aromatic carbocycles. The Bertz CT molecular complexity index is 3640. The van der Waals surface area contributed by atoms with Gasteiger partial charge < -0.3 is 4.40 Å².